The maximum atomic E-state index is 4.49. The fourth-order valence-electron chi connectivity index (χ4n) is 2.46. The molecule has 0 amide bonds. The lowest BCUT2D eigenvalue weighted by molar-refractivity contribution is 0.339. The molecular formula is C12H12BrN7. The first kappa shape index (κ1) is 11.8. The molecule has 7 nitrogen and oxygen atoms in total. The highest BCUT2D eigenvalue weighted by Crippen LogP contribution is 2.24. The summed E-state index contributed by atoms with van der Waals surface area (Å²) in [4.78, 5) is 2.25. The quantitative estimate of drug-likeness (QED) is 0.721. The van der Waals surface area contributed by atoms with Crippen molar-refractivity contribution in [3.63, 3.8) is 0 Å². The second-order valence-corrected chi connectivity index (χ2v) is 5.89. The van der Waals surface area contributed by atoms with E-state index >= 15 is 0 Å². The summed E-state index contributed by atoms with van der Waals surface area (Å²) in [5.41, 5.74) is 0.771. The van der Waals surface area contributed by atoms with Crippen molar-refractivity contribution in [1.82, 2.24) is 29.6 Å². The SMILES string of the molecule is Brc1cnn(CC2CN(c3ccc4nncn4n3)C2)c1. The van der Waals surface area contributed by atoms with E-state index in [1.165, 1.54) is 0 Å². The Morgan fingerprint density at radius 1 is 1.30 bits per heavy atom. The number of hydrogen-bond acceptors (Lipinski definition) is 5. The standard InChI is InChI=1S/C12H12BrN7/c13-10-3-15-19(7-10)6-9-4-18(5-9)12-2-1-11-16-14-8-20(11)17-12/h1-3,7-9H,4-6H2. The number of anilines is 1. The summed E-state index contributed by atoms with van der Waals surface area (Å²) in [6.45, 7) is 2.94. The Morgan fingerprint density at radius 3 is 3.00 bits per heavy atom. The van der Waals surface area contributed by atoms with Gasteiger partial charge >= 0.3 is 0 Å². The molecule has 4 heterocycles. The van der Waals surface area contributed by atoms with Crippen molar-refractivity contribution in [1.29, 1.82) is 0 Å². The number of halogens is 1. The van der Waals surface area contributed by atoms with Gasteiger partial charge in [-0.3, -0.25) is 4.68 Å². The van der Waals surface area contributed by atoms with Gasteiger partial charge in [-0.2, -0.15) is 9.61 Å². The molecule has 1 fully saturated rings. The van der Waals surface area contributed by atoms with Crippen LogP contribution in [0.3, 0.4) is 0 Å². The lowest BCUT2D eigenvalue weighted by atomic mass is 10.0. The van der Waals surface area contributed by atoms with Crippen LogP contribution >= 0.6 is 15.9 Å². The maximum absolute atomic E-state index is 4.49. The fourth-order valence-corrected chi connectivity index (χ4v) is 2.79. The molecule has 0 N–H and O–H groups in total. The van der Waals surface area contributed by atoms with E-state index < -0.39 is 0 Å². The molecule has 20 heavy (non-hydrogen) atoms. The molecule has 0 bridgehead atoms. The Bertz CT molecular complexity index is 743. The average Bonchev–Trinajstić information content (AvgIpc) is 3.01. The molecule has 1 saturated heterocycles. The predicted octanol–water partition coefficient (Wildman–Crippen LogP) is 1.22. The van der Waals surface area contributed by atoms with Gasteiger partial charge in [0.1, 0.15) is 12.1 Å². The second kappa shape index (κ2) is 4.55. The number of fused-ring (bicyclic) bond motifs is 1. The number of aromatic nitrogens is 6. The average molecular weight is 334 g/mol. The summed E-state index contributed by atoms with van der Waals surface area (Å²) in [5, 5.41) is 16.6. The normalized spacial score (nSPS) is 15.8. The first-order valence-electron chi connectivity index (χ1n) is 6.38. The number of rotatable bonds is 3. The second-order valence-electron chi connectivity index (χ2n) is 4.98. The van der Waals surface area contributed by atoms with Crippen LogP contribution in [0.15, 0.2) is 35.3 Å². The van der Waals surface area contributed by atoms with Crippen LogP contribution < -0.4 is 4.90 Å². The molecule has 3 aromatic rings. The van der Waals surface area contributed by atoms with Gasteiger partial charge in [-0.15, -0.1) is 15.3 Å². The van der Waals surface area contributed by atoms with E-state index in [0.29, 0.717) is 5.92 Å². The van der Waals surface area contributed by atoms with Crippen LogP contribution in [0.2, 0.25) is 0 Å². The van der Waals surface area contributed by atoms with Crippen LogP contribution in [-0.2, 0) is 6.54 Å². The summed E-state index contributed by atoms with van der Waals surface area (Å²) in [6, 6.07) is 3.93. The Labute approximate surface area is 123 Å². The van der Waals surface area contributed by atoms with Crippen molar-refractivity contribution >= 4 is 27.4 Å². The summed E-state index contributed by atoms with van der Waals surface area (Å²) < 4.78 is 4.70. The van der Waals surface area contributed by atoms with E-state index in [-0.39, 0.29) is 0 Å². The minimum absolute atomic E-state index is 0.611. The minimum atomic E-state index is 0.611. The molecule has 3 aromatic heterocycles. The van der Waals surface area contributed by atoms with Crippen molar-refractivity contribution in [2.24, 2.45) is 5.92 Å². The Kier molecular flexibility index (Phi) is 2.69. The molecule has 4 rings (SSSR count). The van der Waals surface area contributed by atoms with Crippen LogP contribution in [0.4, 0.5) is 5.82 Å². The van der Waals surface area contributed by atoms with Crippen LogP contribution in [-0.4, -0.2) is 42.7 Å². The monoisotopic (exact) mass is 333 g/mol. The molecule has 0 spiro atoms. The number of hydrogen-bond donors (Lipinski definition) is 0. The van der Waals surface area contributed by atoms with Crippen LogP contribution in [0.1, 0.15) is 0 Å². The highest BCUT2D eigenvalue weighted by Gasteiger charge is 2.28. The van der Waals surface area contributed by atoms with Gasteiger partial charge in [0.25, 0.3) is 0 Å². The van der Waals surface area contributed by atoms with Gasteiger partial charge in [0.05, 0.1) is 10.7 Å². The molecule has 102 valence electrons. The highest BCUT2D eigenvalue weighted by atomic mass is 79.9. The maximum Gasteiger partial charge on any atom is 0.177 e. The topological polar surface area (TPSA) is 64.1 Å². The van der Waals surface area contributed by atoms with Crippen molar-refractivity contribution in [3.05, 3.63) is 35.3 Å². The summed E-state index contributed by atoms with van der Waals surface area (Å²) in [6.07, 6.45) is 5.44. The van der Waals surface area contributed by atoms with Crippen LogP contribution in [0, 0.1) is 5.92 Å². The molecule has 0 unspecified atom stereocenters. The Morgan fingerprint density at radius 2 is 2.20 bits per heavy atom. The lowest BCUT2D eigenvalue weighted by Gasteiger charge is -2.39. The molecule has 0 aliphatic carbocycles. The first-order valence-corrected chi connectivity index (χ1v) is 7.17. The third kappa shape index (κ3) is 2.05. The van der Waals surface area contributed by atoms with Gasteiger partial charge in [0.2, 0.25) is 0 Å². The van der Waals surface area contributed by atoms with Gasteiger partial charge in [0.15, 0.2) is 5.65 Å². The zero-order valence-electron chi connectivity index (χ0n) is 10.6. The summed E-state index contributed by atoms with van der Waals surface area (Å²) in [5.74, 6) is 1.58. The van der Waals surface area contributed by atoms with Crippen molar-refractivity contribution in [3.8, 4) is 0 Å². The zero-order chi connectivity index (χ0) is 13.5. The van der Waals surface area contributed by atoms with Crippen LogP contribution in [0.5, 0.6) is 0 Å². The van der Waals surface area contributed by atoms with E-state index in [1.807, 2.05) is 29.2 Å². The molecule has 1 aliphatic heterocycles. The molecule has 0 radical (unpaired) electrons. The summed E-state index contributed by atoms with van der Waals surface area (Å²) in [7, 11) is 0. The van der Waals surface area contributed by atoms with E-state index in [0.717, 1.165) is 35.6 Å². The van der Waals surface area contributed by atoms with Crippen molar-refractivity contribution < 1.29 is 0 Å². The first-order chi connectivity index (χ1) is 9.78. The van der Waals surface area contributed by atoms with E-state index in [4.69, 9.17) is 0 Å². The number of nitrogens with zero attached hydrogens (tertiary/aromatic N) is 7. The van der Waals surface area contributed by atoms with Gasteiger partial charge in [-0.25, -0.2) is 0 Å². The molecule has 0 atom stereocenters. The van der Waals surface area contributed by atoms with Gasteiger partial charge in [0, 0.05) is 31.7 Å². The lowest BCUT2D eigenvalue weighted by Crippen LogP contribution is -2.49. The molecule has 8 heteroatoms. The smallest absolute Gasteiger partial charge is 0.177 e. The van der Waals surface area contributed by atoms with Gasteiger partial charge < -0.3 is 4.90 Å². The predicted molar refractivity (Wildman–Crippen MR) is 76.4 cm³/mol. The minimum Gasteiger partial charge on any atom is -0.354 e. The van der Waals surface area contributed by atoms with Crippen molar-refractivity contribution in [2.75, 3.05) is 18.0 Å². The molecule has 1 aliphatic rings. The Balaban J connectivity index is 1.42. The van der Waals surface area contributed by atoms with E-state index in [9.17, 15) is 0 Å². The summed E-state index contributed by atoms with van der Waals surface area (Å²) >= 11 is 3.41. The van der Waals surface area contributed by atoms with Gasteiger partial charge in [-0.05, 0) is 28.1 Å². The van der Waals surface area contributed by atoms with E-state index in [1.54, 1.807) is 10.8 Å². The van der Waals surface area contributed by atoms with Crippen molar-refractivity contribution in [2.45, 2.75) is 6.54 Å². The highest BCUT2D eigenvalue weighted by molar-refractivity contribution is 9.10. The largest absolute Gasteiger partial charge is 0.354 e. The third-order valence-electron chi connectivity index (χ3n) is 3.48. The zero-order valence-corrected chi connectivity index (χ0v) is 12.2. The van der Waals surface area contributed by atoms with Crippen LogP contribution in [0.25, 0.3) is 5.65 Å². The Hall–Kier alpha value is -1.96. The molecule has 0 saturated carbocycles. The molecule has 0 aromatic carbocycles. The third-order valence-corrected chi connectivity index (χ3v) is 3.89. The van der Waals surface area contributed by atoms with Gasteiger partial charge in [-0.1, -0.05) is 0 Å². The van der Waals surface area contributed by atoms with E-state index in [2.05, 4.69) is 41.2 Å². The molecular weight excluding hydrogens is 322 g/mol. The fraction of sp³-hybridized carbons (Fsp3) is 0.333.